The minimum Gasteiger partial charge on any atom is -0.472 e. The Morgan fingerprint density at radius 3 is 3.07 bits per heavy atom. The molecule has 4 heteroatoms. The Kier molecular flexibility index (Phi) is 2.26. The molecule has 0 fully saturated rings. The largest absolute Gasteiger partial charge is 0.472 e. The van der Waals surface area contributed by atoms with Crippen molar-refractivity contribution in [3.05, 3.63) is 24.8 Å². The topological polar surface area (TPSA) is 57.0 Å². The third-order valence-electron chi connectivity index (χ3n) is 2.04. The highest BCUT2D eigenvalue weighted by Crippen LogP contribution is 2.23. The highest BCUT2D eigenvalue weighted by Gasteiger charge is 2.08. The number of aromatic nitrogens is 2. The lowest BCUT2D eigenvalue weighted by molar-refractivity contribution is 0.567. The number of hydrogen-bond acceptors (Lipinski definition) is 3. The van der Waals surface area contributed by atoms with Gasteiger partial charge in [-0.2, -0.15) is 5.10 Å². The number of nitrogen functional groups attached to an aromatic ring is 1. The zero-order chi connectivity index (χ0) is 9.97. The van der Waals surface area contributed by atoms with Crippen LogP contribution in [0, 0.1) is 0 Å². The number of hydrogen-bond donors (Lipinski definition) is 1. The molecule has 2 N–H and O–H groups in total. The quantitative estimate of drug-likeness (QED) is 0.808. The molecule has 0 aromatic carbocycles. The highest BCUT2D eigenvalue weighted by atomic mass is 16.3. The molecule has 4 nitrogen and oxygen atoms in total. The van der Waals surface area contributed by atoms with Crippen LogP contribution in [0.1, 0.15) is 13.3 Å². The van der Waals surface area contributed by atoms with Gasteiger partial charge in [-0.05, 0) is 12.5 Å². The number of anilines is 1. The molecule has 0 atom stereocenters. The first-order valence-corrected chi connectivity index (χ1v) is 4.66. The van der Waals surface area contributed by atoms with Gasteiger partial charge in [0.05, 0.1) is 18.2 Å². The predicted octanol–water partition coefficient (Wildman–Crippen LogP) is 2.14. The van der Waals surface area contributed by atoms with Gasteiger partial charge < -0.3 is 10.2 Å². The second kappa shape index (κ2) is 3.57. The molecule has 2 rings (SSSR count). The van der Waals surface area contributed by atoms with Crippen LogP contribution in [0.25, 0.3) is 11.3 Å². The Bertz CT molecular complexity index is 403. The highest BCUT2D eigenvalue weighted by molar-refractivity contribution is 5.70. The van der Waals surface area contributed by atoms with Crippen LogP contribution in [-0.4, -0.2) is 9.78 Å². The van der Waals surface area contributed by atoms with E-state index in [-0.39, 0.29) is 0 Å². The summed E-state index contributed by atoms with van der Waals surface area (Å²) in [6.45, 7) is 3.00. The van der Waals surface area contributed by atoms with E-state index >= 15 is 0 Å². The van der Waals surface area contributed by atoms with Crippen LogP contribution in [0.5, 0.6) is 0 Å². The van der Waals surface area contributed by atoms with Crippen molar-refractivity contribution >= 4 is 5.69 Å². The molecule has 0 unspecified atom stereocenters. The van der Waals surface area contributed by atoms with E-state index < -0.39 is 0 Å². The molecule has 2 heterocycles. The molecule has 0 saturated carbocycles. The smallest absolute Gasteiger partial charge is 0.118 e. The molecule has 14 heavy (non-hydrogen) atoms. The number of nitrogens with zero attached hydrogens (tertiary/aromatic N) is 2. The molecule has 0 aliphatic heterocycles. The Hall–Kier alpha value is -1.71. The molecular weight excluding hydrogens is 178 g/mol. The average molecular weight is 191 g/mol. The molecule has 0 saturated heterocycles. The summed E-state index contributed by atoms with van der Waals surface area (Å²) in [7, 11) is 0. The fourth-order valence-electron chi connectivity index (χ4n) is 1.40. The summed E-state index contributed by atoms with van der Waals surface area (Å²) in [6.07, 6.45) is 6.17. The number of furan rings is 1. The summed E-state index contributed by atoms with van der Waals surface area (Å²) < 4.78 is 6.85. The predicted molar refractivity (Wildman–Crippen MR) is 54.6 cm³/mol. The zero-order valence-electron chi connectivity index (χ0n) is 8.10. The van der Waals surface area contributed by atoms with Gasteiger partial charge >= 0.3 is 0 Å². The van der Waals surface area contributed by atoms with Crippen molar-refractivity contribution in [2.75, 3.05) is 5.73 Å². The Labute approximate surface area is 82.3 Å². The van der Waals surface area contributed by atoms with E-state index in [1.165, 1.54) is 0 Å². The lowest BCUT2D eigenvalue weighted by atomic mass is 10.2. The molecule has 0 bridgehead atoms. The standard InChI is InChI=1S/C10H13N3O/c1-2-4-13-6-9(11)10(12-13)8-3-5-14-7-8/h3,5-7H,2,4,11H2,1H3. The maximum Gasteiger partial charge on any atom is 0.118 e. The van der Waals surface area contributed by atoms with Crippen LogP contribution in [0.3, 0.4) is 0 Å². The normalized spacial score (nSPS) is 10.6. The van der Waals surface area contributed by atoms with Crippen molar-refractivity contribution in [2.24, 2.45) is 0 Å². The summed E-state index contributed by atoms with van der Waals surface area (Å²) in [5, 5.41) is 4.37. The SMILES string of the molecule is CCCn1cc(N)c(-c2ccoc2)n1. The lowest BCUT2D eigenvalue weighted by Crippen LogP contribution is -1.96. The van der Waals surface area contributed by atoms with Crippen LogP contribution in [-0.2, 0) is 6.54 Å². The summed E-state index contributed by atoms with van der Waals surface area (Å²) >= 11 is 0. The first-order valence-electron chi connectivity index (χ1n) is 4.66. The first kappa shape index (κ1) is 8.87. The average Bonchev–Trinajstić information content (AvgIpc) is 2.74. The van der Waals surface area contributed by atoms with Crippen LogP contribution in [0.4, 0.5) is 5.69 Å². The van der Waals surface area contributed by atoms with E-state index in [0.717, 1.165) is 24.2 Å². The minimum absolute atomic E-state index is 0.694. The van der Waals surface area contributed by atoms with Crippen molar-refractivity contribution in [2.45, 2.75) is 19.9 Å². The van der Waals surface area contributed by atoms with Gasteiger partial charge in [0.15, 0.2) is 0 Å². The fourth-order valence-corrected chi connectivity index (χ4v) is 1.40. The van der Waals surface area contributed by atoms with Crippen molar-refractivity contribution in [3.63, 3.8) is 0 Å². The molecule has 0 aliphatic carbocycles. The lowest BCUT2D eigenvalue weighted by Gasteiger charge is -1.94. The Morgan fingerprint density at radius 2 is 2.43 bits per heavy atom. The second-order valence-electron chi connectivity index (χ2n) is 3.21. The molecule has 74 valence electrons. The van der Waals surface area contributed by atoms with Crippen LogP contribution in [0.2, 0.25) is 0 Å². The maximum absolute atomic E-state index is 5.84. The van der Waals surface area contributed by atoms with E-state index in [1.807, 2.05) is 16.9 Å². The second-order valence-corrected chi connectivity index (χ2v) is 3.21. The van der Waals surface area contributed by atoms with E-state index in [0.29, 0.717) is 5.69 Å². The van der Waals surface area contributed by atoms with Gasteiger partial charge in [0.25, 0.3) is 0 Å². The van der Waals surface area contributed by atoms with Crippen molar-refractivity contribution in [3.8, 4) is 11.3 Å². The zero-order valence-corrected chi connectivity index (χ0v) is 8.10. The van der Waals surface area contributed by atoms with Gasteiger partial charge in [0.2, 0.25) is 0 Å². The van der Waals surface area contributed by atoms with Crippen molar-refractivity contribution < 1.29 is 4.42 Å². The third kappa shape index (κ3) is 1.51. The Morgan fingerprint density at radius 1 is 1.57 bits per heavy atom. The maximum atomic E-state index is 5.84. The Balaban J connectivity index is 2.35. The summed E-state index contributed by atoms with van der Waals surface area (Å²) in [4.78, 5) is 0. The van der Waals surface area contributed by atoms with Gasteiger partial charge in [0, 0.05) is 18.3 Å². The molecule has 0 spiro atoms. The van der Waals surface area contributed by atoms with Crippen LogP contribution < -0.4 is 5.73 Å². The van der Waals surface area contributed by atoms with Gasteiger partial charge in [-0.3, -0.25) is 4.68 Å². The van der Waals surface area contributed by atoms with Crippen LogP contribution >= 0.6 is 0 Å². The van der Waals surface area contributed by atoms with E-state index in [4.69, 9.17) is 10.2 Å². The molecule has 0 radical (unpaired) electrons. The summed E-state index contributed by atoms with van der Waals surface area (Å²) in [5.41, 5.74) is 8.26. The van der Waals surface area contributed by atoms with Crippen molar-refractivity contribution in [1.82, 2.24) is 9.78 Å². The molecule has 2 aromatic rings. The number of aryl methyl sites for hydroxylation is 1. The van der Waals surface area contributed by atoms with E-state index in [2.05, 4.69) is 12.0 Å². The third-order valence-corrected chi connectivity index (χ3v) is 2.04. The fraction of sp³-hybridized carbons (Fsp3) is 0.300. The van der Waals surface area contributed by atoms with Gasteiger partial charge in [-0.15, -0.1) is 0 Å². The van der Waals surface area contributed by atoms with E-state index in [9.17, 15) is 0 Å². The first-order chi connectivity index (χ1) is 6.81. The molecule has 0 amide bonds. The summed E-state index contributed by atoms with van der Waals surface area (Å²) in [6, 6.07) is 1.86. The number of rotatable bonds is 3. The van der Waals surface area contributed by atoms with E-state index in [1.54, 1.807) is 12.5 Å². The van der Waals surface area contributed by atoms with Gasteiger partial charge in [0.1, 0.15) is 5.69 Å². The van der Waals surface area contributed by atoms with Crippen LogP contribution in [0.15, 0.2) is 29.2 Å². The molecular formula is C10H13N3O. The van der Waals surface area contributed by atoms with Crippen molar-refractivity contribution in [1.29, 1.82) is 0 Å². The summed E-state index contributed by atoms with van der Waals surface area (Å²) in [5.74, 6) is 0. The van der Waals surface area contributed by atoms with Gasteiger partial charge in [-0.25, -0.2) is 0 Å². The number of nitrogens with two attached hydrogens (primary N) is 1. The molecule has 2 aromatic heterocycles. The molecule has 0 aliphatic rings. The monoisotopic (exact) mass is 191 g/mol. The minimum atomic E-state index is 0.694. The van der Waals surface area contributed by atoms with Gasteiger partial charge in [-0.1, -0.05) is 6.92 Å².